The predicted molar refractivity (Wildman–Crippen MR) is 496 cm³/mol. The van der Waals surface area contributed by atoms with Crippen molar-refractivity contribution in [3.63, 3.8) is 0 Å². The van der Waals surface area contributed by atoms with Gasteiger partial charge in [0.25, 0.3) is 5.69 Å². The molecule has 616 valence electrons. The number of carbonyl (C=O) groups is 4. The van der Waals surface area contributed by atoms with Crippen LogP contribution in [0.2, 0.25) is 0 Å². The molecule has 14 rings (SSSR count). The minimum atomic E-state index is -0.653. The molecular weight excluding hydrogens is 1540 g/mol. The maximum absolute atomic E-state index is 15.8. The van der Waals surface area contributed by atoms with Gasteiger partial charge in [-0.05, 0) is 214 Å². The number of benzene rings is 5. The molecule has 9 aromatic rings. The molecule has 0 saturated carbocycles. The van der Waals surface area contributed by atoms with Crippen molar-refractivity contribution in [3.8, 4) is 0 Å². The molecule has 0 atom stereocenters. The van der Waals surface area contributed by atoms with Crippen molar-refractivity contribution in [2.24, 2.45) is 43.3 Å². The van der Waals surface area contributed by atoms with E-state index < -0.39 is 43.3 Å². The maximum Gasteiger partial charge on any atom is 0.269 e. The van der Waals surface area contributed by atoms with Crippen LogP contribution in [0.25, 0.3) is 33.1 Å². The summed E-state index contributed by atoms with van der Waals surface area (Å²) in [7, 11) is 0. The number of hydrogen-bond donors (Lipinski definition) is 0. The number of nitro groups is 1. The fraction of sp³-hybridized carbons (Fsp3) is 0.333. The van der Waals surface area contributed by atoms with Gasteiger partial charge in [0, 0.05) is 110 Å². The van der Waals surface area contributed by atoms with E-state index in [2.05, 4.69) is 389 Å². The van der Waals surface area contributed by atoms with E-state index in [9.17, 15) is 10.1 Å². The van der Waals surface area contributed by atoms with Crippen molar-refractivity contribution in [2.45, 2.75) is 192 Å². The Hall–Kier alpha value is -11.1. The van der Waals surface area contributed by atoms with Gasteiger partial charge in [0.15, 0.2) is 23.1 Å². The van der Waals surface area contributed by atoms with Gasteiger partial charge in [-0.25, -0.2) is 0 Å². The molecule has 120 heavy (non-hydrogen) atoms. The number of non-ortho nitro benzene ring substituents is 1. The molecule has 0 fully saturated rings. The van der Waals surface area contributed by atoms with Gasteiger partial charge in [-0.15, -0.1) is 0 Å². The third kappa shape index (κ3) is 16.6. The summed E-state index contributed by atoms with van der Waals surface area (Å²) in [6, 6.07) is 59.2. The molecule has 5 aromatic carbocycles. The van der Waals surface area contributed by atoms with Crippen LogP contribution in [0.4, 0.5) is 5.69 Å². The molecule has 0 radical (unpaired) electrons. The van der Waals surface area contributed by atoms with E-state index in [0.717, 1.165) is 128 Å². The van der Waals surface area contributed by atoms with E-state index in [1.807, 2.05) is 18.2 Å². The summed E-state index contributed by atoms with van der Waals surface area (Å²) >= 11 is 3.84. The molecule has 0 N–H and O–H groups in total. The van der Waals surface area contributed by atoms with Crippen molar-refractivity contribution in [2.75, 3.05) is 0 Å². The molecule has 1 aliphatic heterocycles. The SMILES string of the molecule is CC(C)(C)C1=CC(=C2c3ccc(n3Cc3ccccc3)C(=C3C=C(C(C)(C)C)C(=O)C(C(C)(C)C)=C3)c3ccc(n3Cc3ccc([N+](=O)[O-])cc3)C(=C3C=C(C(C)(C)C)C(=O)C(C(C)(C)C)=C3)c3ccc(n3Cc3ccc4ccccc4c3)C(=C3C=C(C(C)(C)C)C(=O)C(C(C)(C)C)=C3)c3ccc2n3Cc2ccc(Br)cc2)C=C(C(C)(C)C)C1=O. The molecule has 8 bridgehead atoms. The van der Waals surface area contributed by atoms with Gasteiger partial charge in [0.05, 0.1) is 50.5 Å². The lowest BCUT2D eigenvalue weighted by Gasteiger charge is -2.33. The second-order valence-corrected chi connectivity index (χ2v) is 42.5. The zero-order valence-corrected chi connectivity index (χ0v) is 76.3. The fourth-order valence-corrected chi connectivity index (χ4v) is 17.8. The van der Waals surface area contributed by atoms with Gasteiger partial charge in [0.2, 0.25) is 0 Å². The van der Waals surface area contributed by atoms with Crippen molar-refractivity contribution < 1.29 is 24.1 Å². The molecule has 11 nitrogen and oxygen atoms in total. The molecule has 0 amide bonds. The number of ketones is 4. The first-order valence-corrected chi connectivity index (χ1v) is 43.0. The first kappa shape index (κ1) is 85.3. The first-order valence-electron chi connectivity index (χ1n) is 42.2. The topological polar surface area (TPSA) is 131 Å². The van der Waals surface area contributed by atoms with Crippen LogP contribution < -0.4 is 0 Å². The highest BCUT2D eigenvalue weighted by Crippen LogP contribution is 2.52. The average Bonchev–Trinajstić information content (AvgIpc) is 1.51. The third-order valence-corrected chi connectivity index (χ3v) is 24.6. The fourth-order valence-electron chi connectivity index (χ4n) is 17.5. The van der Waals surface area contributed by atoms with Crippen LogP contribution in [-0.4, -0.2) is 46.3 Å². The van der Waals surface area contributed by atoms with Gasteiger partial charge in [-0.1, -0.05) is 273 Å². The van der Waals surface area contributed by atoms with Gasteiger partial charge in [-0.3, -0.25) is 29.3 Å². The molecule has 5 heterocycles. The Kier molecular flexibility index (Phi) is 22.0. The van der Waals surface area contributed by atoms with Gasteiger partial charge < -0.3 is 18.3 Å². The molecule has 0 saturated heterocycles. The highest BCUT2D eigenvalue weighted by atomic mass is 79.9. The molecule has 5 aliphatic rings. The monoisotopic (exact) mass is 1660 g/mol. The Labute approximate surface area is 718 Å². The number of aromatic nitrogens is 4. The number of fused-ring (bicyclic) bond motifs is 9. The minimum absolute atomic E-state index is 0.000640. The Balaban J connectivity index is 1.33. The number of Topliss-reactive ketones (excluding diaryl/α,β-unsaturated/α-hetero) is 4. The number of nitrogens with zero attached hydrogens (tertiary/aromatic N) is 5. The van der Waals surface area contributed by atoms with Crippen molar-refractivity contribution >= 4 is 77.8 Å². The molecule has 4 aliphatic carbocycles. The van der Waals surface area contributed by atoms with Crippen molar-refractivity contribution in [3.05, 3.63) is 368 Å². The largest absolute Gasteiger partial charge is 0.336 e. The molecular formula is C108H116BrN5O6. The van der Waals surface area contributed by atoms with Gasteiger partial charge in [-0.2, -0.15) is 0 Å². The number of hydrogen-bond acceptors (Lipinski definition) is 6. The van der Waals surface area contributed by atoms with E-state index in [1.54, 1.807) is 12.1 Å². The number of allylic oxidation sites excluding steroid dienone is 20. The summed E-state index contributed by atoms with van der Waals surface area (Å²) in [5.41, 5.74) is 17.2. The van der Waals surface area contributed by atoms with Crippen LogP contribution in [0.5, 0.6) is 0 Å². The van der Waals surface area contributed by atoms with Crippen LogP contribution in [0, 0.1) is 53.4 Å². The van der Waals surface area contributed by atoms with Crippen molar-refractivity contribution in [1.82, 2.24) is 18.3 Å². The Morgan fingerprint density at radius 3 is 0.733 bits per heavy atom. The Morgan fingerprint density at radius 1 is 0.267 bits per heavy atom. The van der Waals surface area contributed by atoms with E-state index >= 15 is 19.2 Å². The summed E-state index contributed by atoms with van der Waals surface area (Å²) in [6.07, 6.45) is 17.1. The van der Waals surface area contributed by atoms with Crippen molar-refractivity contribution in [1.29, 1.82) is 0 Å². The number of nitro benzene ring substituents is 1. The second-order valence-electron chi connectivity index (χ2n) is 41.6. The van der Waals surface area contributed by atoms with Crippen LogP contribution in [0.1, 0.15) is 234 Å². The lowest BCUT2D eigenvalue weighted by atomic mass is 9.71. The summed E-state index contributed by atoms with van der Waals surface area (Å²) in [6.45, 7) is 52.1. The van der Waals surface area contributed by atoms with Gasteiger partial charge >= 0.3 is 0 Å². The normalized spacial score (nSPS) is 16.4. The predicted octanol–water partition coefficient (Wildman–Crippen LogP) is 26.5. The molecule has 12 heteroatoms. The summed E-state index contributed by atoms with van der Waals surface area (Å²) in [4.78, 5) is 75.5. The zero-order chi connectivity index (χ0) is 87.0. The number of rotatable bonds is 9. The minimum Gasteiger partial charge on any atom is -0.336 e. The molecule has 0 unspecified atom stereocenters. The lowest BCUT2D eigenvalue weighted by molar-refractivity contribution is -0.384. The standard InChI is InChI=1S/C108H116BrN5O6/c1-101(2,3)77-53-71(54-78(97(77)115)102(4,5)6)93-85-44-45-86(110(85)61-65-30-26-25-27-31-65)94(72-55-79(103(7,8)9)98(116)80(56-72)104(10,11)12)88-47-49-90(112(88)63-67-37-42-76(43-38-67)114(119)120)96(74-59-83(107(19,20)21)100(118)84(60-74)108(22,23)24)92-51-50-91(113(92)64-68-34-39-69-32-28-29-33-70(69)52-68)95(73-57-81(105(13,14)15)99(117)82(58-73)106(16,17)18)89-48-46-87(93)111(89)62-66-35-40-75(109)41-36-66/h25-60H,61-64H2,1-24H3. The van der Waals surface area contributed by atoms with Crippen LogP contribution >= 0.6 is 15.9 Å². The average molecular weight is 1660 g/mol. The van der Waals surface area contributed by atoms with E-state index in [-0.39, 0.29) is 40.3 Å². The summed E-state index contributed by atoms with van der Waals surface area (Å²) in [5, 5.41) is 15.0. The Morgan fingerprint density at radius 2 is 0.483 bits per heavy atom. The summed E-state index contributed by atoms with van der Waals surface area (Å²) < 4.78 is 10.7. The smallest absolute Gasteiger partial charge is 0.269 e. The lowest BCUT2D eigenvalue weighted by Crippen LogP contribution is -2.28. The quantitative estimate of drug-likeness (QED) is 0.104. The number of halogens is 1. The van der Waals surface area contributed by atoms with Crippen LogP contribution in [0.3, 0.4) is 0 Å². The van der Waals surface area contributed by atoms with Gasteiger partial charge in [0.1, 0.15) is 0 Å². The summed E-state index contributed by atoms with van der Waals surface area (Å²) in [5.74, 6) is -0.0439. The number of carbonyl (C=O) groups excluding carboxylic acids is 4. The van der Waals surface area contributed by atoms with E-state index in [0.29, 0.717) is 64.2 Å². The Bertz CT molecular complexity index is 6060. The van der Waals surface area contributed by atoms with Crippen LogP contribution in [0.15, 0.2) is 290 Å². The highest BCUT2D eigenvalue weighted by molar-refractivity contribution is 9.10. The van der Waals surface area contributed by atoms with E-state index in [1.165, 1.54) is 0 Å². The zero-order valence-electron chi connectivity index (χ0n) is 74.7. The second kappa shape index (κ2) is 30.9. The first-order chi connectivity index (χ1) is 55.9. The van der Waals surface area contributed by atoms with E-state index in [4.69, 9.17) is 0 Å². The molecule has 0 spiro atoms. The highest BCUT2D eigenvalue weighted by Gasteiger charge is 2.43. The molecule has 4 aromatic heterocycles. The van der Waals surface area contributed by atoms with Crippen LogP contribution in [-0.2, 0) is 45.4 Å². The third-order valence-electron chi connectivity index (χ3n) is 24.0. The maximum atomic E-state index is 15.8.